The van der Waals surface area contributed by atoms with Crippen LogP contribution in [0.3, 0.4) is 0 Å². The molecule has 0 spiro atoms. The summed E-state index contributed by atoms with van der Waals surface area (Å²) >= 11 is 0. The fourth-order valence-corrected chi connectivity index (χ4v) is 3.72. The summed E-state index contributed by atoms with van der Waals surface area (Å²) in [5.41, 5.74) is 3.30. The number of hydrogen-bond donors (Lipinski definition) is 2. The van der Waals surface area contributed by atoms with Gasteiger partial charge in [-0.3, -0.25) is 14.5 Å². The largest absolute Gasteiger partial charge is 0.355 e. The van der Waals surface area contributed by atoms with E-state index < -0.39 is 17.1 Å². The molecule has 2 N–H and O–H groups in total. The SMILES string of the molecule is Cc1ccc(NC(=O)CN2CCc3[nH]c4c(F)ccc(F)c4c(=O)c3C2)cc1C. The number of pyridine rings is 1. The van der Waals surface area contributed by atoms with Crippen molar-refractivity contribution in [2.75, 3.05) is 18.4 Å². The normalized spacial score (nSPS) is 14.1. The van der Waals surface area contributed by atoms with Crippen LogP contribution in [0.5, 0.6) is 0 Å². The highest BCUT2D eigenvalue weighted by molar-refractivity contribution is 5.92. The Morgan fingerprint density at radius 3 is 2.66 bits per heavy atom. The van der Waals surface area contributed by atoms with Crippen LogP contribution in [-0.4, -0.2) is 28.9 Å². The van der Waals surface area contributed by atoms with E-state index in [1.54, 1.807) is 0 Å². The van der Waals surface area contributed by atoms with Crippen LogP contribution in [0.25, 0.3) is 10.9 Å². The van der Waals surface area contributed by atoms with Gasteiger partial charge in [0.05, 0.1) is 17.4 Å². The number of carbonyl (C=O) groups excluding carboxylic acids is 1. The Morgan fingerprint density at radius 1 is 1.14 bits per heavy atom. The molecular weight excluding hydrogens is 376 g/mol. The minimum absolute atomic E-state index is 0.102. The molecule has 1 aliphatic rings. The molecule has 2 aromatic carbocycles. The summed E-state index contributed by atoms with van der Waals surface area (Å²) in [7, 11) is 0. The zero-order chi connectivity index (χ0) is 20.7. The number of aryl methyl sites for hydroxylation is 2. The third-order valence-electron chi connectivity index (χ3n) is 5.46. The van der Waals surface area contributed by atoms with Crippen molar-refractivity contribution in [3.63, 3.8) is 0 Å². The quantitative estimate of drug-likeness (QED) is 0.712. The molecule has 2 heterocycles. The van der Waals surface area contributed by atoms with Crippen LogP contribution in [-0.2, 0) is 17.8 Å². The monoisotopic (exact) mass is 397 g/mol. The number of amides is 1. The van der Waals surface area contributed by atoms with E-state index in [1.807, 2.05) is 36.9 Å². The molecule has 1 aliphatic heterocycles. The number of aromatic nitrogens is 1. The number of halogens is 2. The number of benzene rings is 2. The van der Waals surface area contributed by atoms with Gasteiger partial charge in [0.15, 0.2) is 5.43 Å². The van der Waals surface area contributed by atoms with Crippen molar-refractivity contribution >= 4 is 22.5 Å². The second-order valence-corrected chi connectivity index (χ2v) is 7.50. The predicted octanol–water partition coefficient (Wildman–Crippen LogP) is 3.42. The van der Waals surface area contributed by atoms with E-state index in [4.69, 9.17) is 0 Å². The Bertz CT molecular complexity index is 1190. The highest BCUT2D eigenvalue weighted by atomic mass is 19.1. The van der Waals surface area contributed by atoms with Gasteiger partial charge >= 0.3 is 0 Å². The molecular formula is C22H21F2N3O2. The highest BCUT2D eigenvalue weighted by Gasteiger charge is 2.24. The zero-order valence-electron chi connectivity index (χ0n) is 16.2. The number of hydrogen-bond acceptors (Lipinski definition) is 3. The summed E-state index contributed by atoms with van der Waals surface area (Å²) in [6.07, 6.45) is 0.452. The topological polar surface area (TPSA) is 65.2 Å². The Kier molecular flexibility index (Phi) is 4.92. The van der Waals surface area contributed by atoms with E-state index in [0.29, 0.717) is 24.2 Å². The molecule has 150 valence electrons. The minimum Gasteiger partial charge on any atom is -0.355 e. The standard InChI is InChI=1S/C22H21F2N3O2/c1-12-3-4-14(9-13(12)2)25-19(28)11-27-8-7-18-15(10-27)22(29)20-16(23)5-6-17(24)21(20)26-18/h3-6,9H,7-8,10-11H2,1-2H3,(H,25,28)(H,26,29). The molecule has 0 saturated carbocycles. The molecule has 29 heavy (non-hydrogen) atoms. The molecule has 1 amide bonds. The zero-order valence-corrected chi connectivity index (χ0v) is 16.2. The summed E-state index contributed by atoms with van der Waals surface area (Å²) in [4.78, 5) is 29.9. The molecule has 0 bridgehead atoms. The van der Waals surface area contributed by atoms with Crippen LogP contribution in [0.2, 0.25) is 0 Å². The van der Waals surface area contributed by atoms with Crippen molar-refractivity contribution in [1.29, 1.82) is 0 Å². The average Bonchev–Trinajstić information content (AvgIpc) is 2.68. The molecule has 0 atom stereocenters. The van der Waals surface area contributed by atoms with Gasteiger partial charge in [-0.05, 0) is 49.2 Å². The van der Waals surface area contributed by atoms with E-state index >= 15 is 0 Å². The summed E-state index contributed by atoms with van der Waals surface area (Å²) in [5, 5.41) is 2.59. The predicted molar refractivity (Wildman–Crippen MR) is 108 cm³/mol. The number of anilines is 1. The molecule has 0 radical (unpaired) electrons. The van der Waals surface area contributed by atoms with Crippen molar-refractivity contribution in [2.45, 2.75) is 26.8 Å². The fraction of sp³-hybridized carbons (Fsp3) is 0.273. The lowest BCUT2D eigenvalue weighted by molar-refractivity contribution is -0.117. The van der Waals surface area contributed by atoms with Crippen LogP contribution in [0.1, 0.15) is 22.4 Å². The third-order valence-corrected chi connectivity index (χ3v) is 5.46. The molecule has 0 saturated heterocycles. The first-order valence-electron chi connectivity index (χ1n) is 9.44. The maximum atomic E-state index is 14.1. The first-order valence-corrected chi connectivity index (χ1v) is 9.44. The van der Waals surface area contributed by atoms with Crippen molar-refractivity contribution in [2.24, 2.45) is 0 Å². The molecule has 0 aliphatic carbocycles. The molecule has 7 heteroatoms. The summed E-state index contributed by atoms with van der Waals surface area (Å²) in [6, 6.07) is 7.66. The molecule has 0 unspecified atom stereocenters. The van der Waals surface area contributed by atoms with Crippen LogP contribution >= 0.6 is 0 Å². The summed E-state index contributed by atoms with van der Waals surface area (Å²) in [6.45, 7) is 4.82. The Balaban J connectivity index is 1.54. The average molecular weight is 397 g/mol. The number of fused-ring (bicyclic) bond motifs is 2. The van der Waals surface area contributed by atoms with Crippen molar-refractivity contribution < 1.29 is 13.6 Å². The van der Waals surface area contributed by atoms with Gasteiger partial charge in [0, 0.05) is 36.5 Å². The van der Waals surface area contributed by atoms with Gasteiger partial charge in [0.1, 0.15) is 11.6 Å². The van der Waals surface area contributed by atoms with E-state index in [9.17, 15) is 18.4 Å². The van der Waals surface area contributed by atoms with Gasteiger partial charge in [-0.25, -0.2) is 8.78 Å². The highest BCUT2D eigenvalue weighted by Crippen LogP contribution is 2.22. The van der Waals surface area contributed by atoms with E-state index in [-0.39, 0.29) is 29.9 Å². The van der Waals surface area contributed by atoms with Gasteiger partial charge in [0.25, 0.3) is 0 Å². The van der Waals surface area contributed by atoms with Gasteiger partial charge in [-0.2, -0.15) is 0 Å². The fourth-order valence-electron chi connectivity index (χ4n) is 3.72. The first kappa shape index (κ1) is 19.3. The number of carbonyl (C=O) groups is 1. The van der Waals surface area contributed by atoms with Gasteiger partial charge in [0.2, 0.25) is 5.91 Å². The maximum absolute atomic E-state index is 14.1. The number of nitrogens with one attached hydrogen (secondary N) is 2. The minimum atomic E-state index is -0.755. The number of nitrogens with zero attached hydrogens (tertiary/aromatic N) is 1. The third kappa shape index (κ3) is 3.65. The molecule has 1 aromatic heterocycles. The van der Waals surface area contributed by atoms with Crippen LogP contribution in [0.4, 0.5) is 14.5 Å². The summed E-state index contributed by atoms with van der Waals surface area (Å²) in [5.74, 6) is -1.60. The molecule has 5 nitrogen and oxygen atoms in total. The Hall–Kier alpha value is -3.06. The number of rotatable bonds is 3. The van der Waals surface area contributed by atoms with Crippen LogP contribution in [0, 0.1) is 25.5 Å². The molecule has 0 fully saturated rings. The van der Waals surface area contributed by atoms with Crippen molar-refractivity contribution in [3.8, 4) is 0 Å². The Labute approximate surface area is 166 Å². The van der Waals surface area contributed by atoms with E-state index in [2.05, 4.69) is 10.3 Å². The van der Waals surface area contributed by atoms with Gasteiger partial charge < -0.3 is 10.3 Å². The van der Waals surface area contributed by atoms with Crippen LogP contribution < -0.4 is 10.7 Å². The van der Waals surface area contributed by atoms with Gasteiger partial charge in [-0.15, -0.1) is 0 Å². The maximum Gasteiger partial charge on any atom is 0.238 e. The molecule has 4 rings (SSSR count). The number of H-pyrrole nitrogens is 1. The van der Waals surface area contributed by atoms with E-state index in [1.165, 1.54) is 0 Å². The van der Waals surface area contributed by atoms with E-state index in [0.717, 1.165) is 28.9 Å². The van der Waals surface area contributed by atoms with Gasteiger partial charge in [-0.1, -0.05) is 6.07 Å². The number of aromatic amines is 1. The molecule has 3 aromatic rings. The first-order chi connectivity index (χ1) is 13.8. The summed E-state index contributed by atoms with van der Waals surface area (Å²) < 4.78 is 28.2. The Morgan fingerprint density at radius 2 is 1.90 bits per heavy atom. The lowest BCUT2D eigenvalue weighted by atomic mass is 10.0. The second kappa shape index (κ2) is 7.40. The van der Waals surface area contributed by atoms with Crippen LogP contribution in [0.15, 0.2) is 35.1 Å². The van der Waals surface area contributed by atoms with Crippen molar-refractivity contribution in [3.05, 3.63) is 74.6 Å². The smallest absolute Gasteiger partial charge is 0.238 e. The van der Waals surface area contributed by atoms with Crippen molar-refractivity contribution in [1.82, 2.24) is 9.88 Å². The second-order valence-electron chi connectivity index (χ2n) is 7.50. The lowest BCUT2D eigenvalue weighted by Gasteiger charge is -2.28. The lowest BCUT2D eigenvalue weighted by Crippen LogP contribution is -2.39.